The van der Waals surface area contributed by atoms with Crippen LogP contribution in [0.2, 0.25) is 0 Å². The summed E-state index contributed by atoms with van der Waals surface area (Å²) in [6.45, 7) is 12.1. The summed E-state index contributed by atoms with van der Waals surface area (Å²) in [5.74, 6) is -6.05. The molecule has 0 saturated carbocycles. The monoisotopic (exact) mass is 856 g/mol. The number of fused-ring (bicyclic) bond motifs is 1. The molecule has 5 rings (SSSR count). The van der Waals surface area contributed by atoms with Crippen molar-refractivity contribution in [3.05, 3.63) is 54.1 Å². The number of carbonyl (C=O) groups excluding carboxylic acids is 5. The van der Waals surface area contributed by atoms with E-state index in [0.29, 0.717) is 24.4 Å². The zero-order chi connectivity index (χ0) is 45.0. The Kier molecular flexibility index (Phi) is 15.0. The average molecular weight is 857 g/mol. The van der Waals surface area contributed by atoms with Crippen LogP contribution in [0.3, 0.4) is 0 Å². The van der Waals surface area contributed by atoms with Gasteiger partial charge in [-0.3, -0.25) is 14.4 Å². The zero-order valence-electron chi connectivity index (χ0n) is 36.6. The molecule has 17 heteroatoms. The number of nitrogens with zero attached hydrogens (tertiary/aromatic N) is 2. The molecule has 3 fully saturated rings. The van der Waals surface area contributed by atoms with E-state index in [1.165, 1.54) is 19.9 Å². The Bertz CT molecular complexity index is 1920. The van der Waals surface area contributed by atoms with Crippen molar-refractivity contribution < 1.29 is 61.6 Å². The highest BCUT2D eigenvalue weighted by molar-refractivity contribution is 6.08. The van der Waals surface area contributed by atoms with Crippen molar-refractivity contribution in [1.29, 1.82) is 0 Å². The van der Waals surface area contributed by atoms with E-state index in [9.17, 15) is 29.1 Å². The van der Waals surface area contributed by atoms with Gasteiger partial charge in [0.25, 0.3) is 11.6 Å². The Morgan fingerprint density at radius 3 is 2.46 bits per heavy atom. The van der Waals surface area contributed by atoms with E-state index in [1.807, 2.05) is 11.8 Å². The van der Waals surface area contributed by atoms with E-state index in [4.69, 9.17) is 28.1 Å². The van der Waals surface area contributed by atoms with Gasteiger partial charge >= 0.3 is 12.1 Å². The van der Waals surface area contributed by atoms with Crippen molar-refractivity contribution in [2.45, 2.75) is 141 Å². The van der Waals surface area contributed by atoms with Crippen LogP contribution in [0.5, 0.6) is 0 Å². The molecule has 3 saturated heterocycles. The van der Waals surface area contributed by atoms with Gasteiger partial charge in [-0.25, -0.2) is 19.0 Å². The van der Waals surface area contributed by atoms with Crippen LogP contribution in [-0.2, 0) is 38.1 Å². The lowest BCUT2D eigenvalue weighted by Gasteiger charge is -2.47. The SMILES string of the molecule is CCC[C@H]1OC(=O)[C@@](C)(F)C(=O)[C@H](C)[C@@H](O[C@@H]2O[C@H](C)C[C@H](N(C)C)[C@H]2O)[C@](C)(OC/C=C/c2ccc(C(=O)Nc3ccccn3)o2)C[C@@H](C)C(=O)[C@H](C)[C@@H]2NC(=O)O[C@]12C. The second-order valence-electron chi connectivity index (χ2n) is 17.4. The Labute approximate surface area is 356 Å². The molecule has 16 nitrogen and oxygen atoms in total. The number of alkyl halides is 1. The molecule has 5 heterocycles. The molecule has 2 aromatic heterocycles. The quantitative estimate of drug-likeness (QED) is 0.194. The number of alkyl carbamates (subject to hydrolysis) is 1. The summed E-state index contributed by atoms with van der Waals surface area (Å²) in [5.41, 5.74) is -6.46. The highest BCUT2D eigenvalue weighted by atomic mass is 19.1. The van der Waals surface area contributed by atoms with Gasteiger partial charge in [-0.2, -0.15) is 0 Å². The molecule has 0 spiro atoms. The minimum absolute atomic E-state index is 0.0246. The number of cyclic esters (lactones) is 1. The Morgan fingerprint density at radius 2 is 1.80 bits per heavy atom. The molecule has 0 bridgehead atoms. The lowest BCUT2D eigenvalue weighted by atomic mass is 9.73. The Hall–Kier alpha value is -4.55. The van der Waals surface area contributed by atoms with Gasteiger partial charge in [0.15, 0.2) is 23.4 Å². The van der Waals surface area contributed by atoms with Crippen molar-refractivity contribution in [1.82, 2.24) is 15.2 Å². The molecule has 2 amide bonds. The number of furan rings is 1. The number of hydrogen-bond acceptors (Lipinski definition) is 14. The van der Waals surface area contributed by atoms with Crippen molar-refractivity contribution in [3.63, 3.8) is 0 Å². The number of halogens is 1. The third kappa shape index (κ3) is 10.4. The fourth-order valence-corrected chi connectivity index (χ4v) is 8.83. The van der Waals surface area contributed by atoms with Gasteiger partial charge in [0, 0.05) is 30.0 Å². The number of rotatable bonds is 11. The number of hydrogen-bond donors (Lipinski definition) is 3. The van der Waals surface area contributed by atoms with Gasteiger partial charge in [0.1, 0.15) is 29.6 Å². The molecule has 0 aliphatic carbocycles. The maximum Gasteiger partial charge on any atom is 0.408 e. The molecule has 2 aromatic rings. The second kappa shape index (κ2) is 19.2. The first kappa shape index (κ1) is 47.5. The molecule has 0 radical (unpaired) electrons. The second-order valence-corrected chi connectivity index (χ2v) is 17.4. The Balaban J connectivity index is 1.53. The standard InChI is InChI=1S/C44H61FN4O12/c1-11-15-31-44(8)35(48-41(55)61-44)26(4)33(50)24(2)23-42(6,56-21-14-16-28-18-19-30(58-28)38(53)47-32-17-12-13-20-46-32)37(27(5)36(52)43(7,45)40(54)59-31)60-39-34(51)29(49(9)10)22-25(3)57-39/h12-14,16-20,24-27,29,31,34-35,37,39,51H,11,15,21-23H2,1-10H3,(H,48,55)(H,46,47,53)/b16-14+/t24-,25-,26+,27+,29+,31-,34-,35+,37-,39+,42-,43+,44-/m1/s1. The molecular formula is C44H61FN4O12. The summed E-state index contributed by atoms with van der Waals surface area (Å²) in [4.78, 5) is 74.4. The number of ketones is 2. The van der Waals surface area contributed by atoms with Gasteiger partial charge in [0.05, 0.1) is 30.5 Å². The smallest absolute Gasteiger partial charge is 0.408 e. The number of nitrogens with one attached hydrogen (secondary N) is 2. The topological polar surface area (TPSA) is 205 Å². The number of aliphatic hydroxyl groups is 1. The highest BCUT2D eigenvalue weighted by Gasteiger charge is 2.59. The van der Waals surface area contributed by atoms with Gasteiger partial charge in [-0.15, -0.1) is 0 Å². The Morgan fingerprint density at radius 1 is 1.08 bits per heavy atom. The van der Waals surface area contributed by atoms with E-state index in [2.05, 4.69) is 15.6 Å². The number of ether oxygens (including phenoxy) is 5. The van der Waals surface area contributed by atoms with Crippen LogP contribution in [0.15, 0.2) is 47.0 Å². The molecular weight excluding hydrogens is 795 g/mol. The molecule has 3 aliphatic heterocycles. The van der Waals surface area contributed by atoms with Crippen molar-refractivity contribution in [2.75, 3.05) is 26.0 Å². The van der Waals surface area contributed by atoms with Crippen LogP contribution < -0.4 is 10.6 Å². The van der Waals surface area contributed by atoms with E-state index in [1.54, 1.807) is 84.4 Å². The molecule has 3 N–H and O–H groups in total. The molecule has 336 valence electrons. The molecule has 3 aliphatic rings. The molecule has 0 aromatic carbocycles. The normalized spacial score (nSPS) is 36.5. The minimum Gasteiger partial charge on any atom is -0.455 e. The third-order valence-electron chi connectivity index (χ3n) is 12.2. The summed E-state index contributed by atoms with van der Waals surface area (Å²) in [6.07, 6.45) is -0.846. The predicted molar refractivity (Wildman–Crippen MR) is 220 cm³/mol. The summed E-state index contributed by atoms with van der Waals surface area (Å²) >= 11 is 0. The number of likely N-dealkylation sites (N-methyl/N-ethyl adjacent to an activating group) is 1. The maximum atomic E-state index is 17.0. The molecule has 13 atom stereocenters. The van der Waals surface area contributed by atoms with E-state index in [0.717, 1.165) is 6.92 Å². The number of amides is 2. The zero-order valence-corrected chi connectivity index (χ0v) is 36.6. The number of carbonyl (C=O) groups is 5. The number of Topliss-reactive ketones (excluding diaryl/α,β-unsaturated/α-hetero) is 2. The van der Waals surface area contributed by atoms with Gasteiger partial charge in [-0.05, 0) is 91.4 Å². The summed E-state index contributed by atoms with van der Waals surface area (Å²) < 4.78 is 53.5. The van der Waals surface area contributed by atoms with Crippen molar-refractivity contribution >= 4 is 41.4 Å². The van der Waals surface area contributed by atoms with Crippen LogP contribution in [0.4, 0.5) is 15.0 Å². The predicted octanol–water partition coefficient (Wildman–Crippen LogP) is 5.28. The number of aliphatic hydroxyl groups excluding tert-OH is 1. The fourth-order valence-electron chi connectivity index (χ4n) is 8.83. The largest absolute Gasteiger partial charge is 0.455 e. The summed E-state index contributed by atoms with van der Waals surface area (Å²) in [6, 6.07) is 6.73. The number of esters is 1. The minimum atomic E-state index is -3.24. The first-order chi connectivity index (χ1) is 28.6. The van der Waals surface area contributed by atoms with Crippen molar-refractivity contribution in [3.8, 4) is 0 Å². The van der Waals surface area contributed by atoms with Crippen LogP contribution >= 0.6 is 0 Å². The molecule has 61 heavy (non-hydrogen) atoms. The van der Waals surface area contributed by atoms with Crippen LogP contribution in [0, 0.1) is 17.8 Å². The lowest BCUT2D eigenvalue weighted by Crippen LogP contribution is -2.61. The van der Waals surface area contributed by atoms with E-state index < -0.39 is 101 Å². The van der Waals surface area contributed by atoms with E-state index in [-0.39, 0.29) is 31.0 Å². The third-order valence-corrected chi connectivity index (χ3v) is 12.2. The maximum absolute atomic E-state index is 17.0. The first-order valence-electron chi connectivity index (χ1n) is 20.9. The van der Waals surface area contributed by atoms with Gasteiger partial charge in [0.2, 0.25) is 0 Å². The number of pyridine rings is 1. The van der Waals surface area contributed by atoms with Gasteiger partial charge in [-0.1, -0.05) is 46.3 Å². The van der Waals surface area contributed by atoms with Crippen LogP contribution in [0.1, 0.15) is 97.4 Å². The first-order valence-corrected chi connectivity index (χ1v) is 20.9. The average Bonchev–Trinajstić information content (AvgIpc) is 3.82. The number of aromatic nitrogens is 1. The highest BCUT2D eigenvalue weighted by Crippen LogP contribution is 2.41. The molecule has 0 unspecified atom stereocenters. The summed E-state index contributed by atoms with van der Waals surface area (Å²) in [5, 5.41) is 16.9. The number of anilines is 1. The summed E-state index contributed by atoms with van der Waals surface area (Å²) in [7, 11) is 3.60. The van der Waals surface area contributed by atoms with E-state index >= 15 is 4.39 Å². The van der Waals surface area contributed by atoms with Crippen LogP contribution in [-0.4, -0.2) is 125 Å². The van der Waals surface area contributed by atoms with Crippen LogP contribution in [0.25, 0.3) is 6.08 Å². The van der Waals surface area contributed by atoms with Crippen molar-refractivity contribution in [2.24, 2.45) is 17.8 Å². The fraction of sp³-hybridized carbons (Fsp3) is 0.636. The lowest BCUT2D eigenvalue weighted by molar-refractivity contribution is -0.297. The van der Waals surface area contributed by atoms with Gasteiger partial charge < -0.3 is 48.7 Å².